The van der Waals surface area contributed by atoms with Crippen molar-refractivity contribution in [2.75, 3.05) is 36.6 Å². The Morgan fingerprint density at radius 3 is 1.54 bits per heavy atom. The van der Waals surface area contributed by atoms with Gasteiger partial charge < -0.3 is 45.1 Å². The van der Waals surface area contributed by atoms with Crippen LogP contribution in [0.1, 0.15) is 127 Å². The molecule has 15 nitrogen and oxygen atoms in total. The Bertz CT molecular complexity index is 2590. The highest BCUT2D eigenvalue weighted by Gasteiger charge is 2.40. The van der Waals surface area contributed by atoms with Gasteiger partial charge in [0.1, 0.15) is 23.7 Å². The van der Waals surface area contributed by atoms with E-state index in [4.69, 9.17) is 14.7 Å². The fraction of sp³-hybridized carbons (Fsp3) is 0.472. The predicted molar refractivity (Wildman–Crippen MR) is 270 cm³/mol. The van der Waals surface area contributed by atoms with Crippen molar-refractivity contribution in [3.8, 4) is 22.5 Å². The normalized spacial score (nSPS) is 20.6. The highest BCUT2D eigenvalue weighted by Crippen LogP contribution is 2.45. The van der Waals surface area contributed by atoms with Crippen LogP contribution in [0.4, 0.5) is 15.3 Å². The Kier molecular flexibility index (Phi) is 14.8. The van der Waals surface area contributed by atoms with Crippen molar-refractivity contribution in [1.29, 1.82) is 0 Å². The zero-order chi connectivity index (χ0) is 49.1. The molecule has 0 spiro atoms. The van der Waals surface area contributed by atoms with Gasteiger partial charge in [0.25, 0.3) is 0 Å². The maximum Gasteiger partial charge on any atom is 0.407 e. The number of nitrogens with one attached hydrogen (secondary N) is 4. The van der Waals surface area contributed by atoms with Crippen LogP contribution in [0.3, 0.4) is 0 Å². The van der Waals surface area contributed by atoms with E-state index in [-0.39, 0.29) is 53.2 Å². The van der Waals surface area contributed by atoms with Crippen LogP contribution < -0.4 is 15.5 Å². The fourth-order valence-corrected chi connectivity index (χ4v) is 11.4. The molecule has 366 valence electrons. The summed E-state index contributed by atoms with van der Waals surface area (Å²) in [6.45, 7) is 15.4. The average Bonchev–Trinajstić information content (AvgIpc) is 4.19. The number of methoxy groups -OCH3 is 1. The summed E-state index contributed by atoms with van der Waals surface area (Å²) in [4.78, 5) is 73.9. The molecule has 0 unspecified atom stereocenters. The topological polar surface area (TPSA) is 189 Å². The Morgan fingerprint density at radius 2 is 1.13 bits per heavy atom. The first-order valence-electron chi connectivity index (χ1n) is 24.2. The van der Waals surface area contributed by atoms with E-state index in [0.717, 1.165) is 71.2 Å². The number of H-pyrrole nitrogens is 2. The first kappa shape index (κ1) is 49.1. The number of thioether (sulfide) groups is 1. The Balaban J connectivity index is 1.02. The van der Waals surface area contributed by atoms with E-state index < -0.39 is 24.3 Å². The van der Waals surface area contributed by atoms with Gasteiger partial charge in [0.15, 0.2) is 0 Å². The zero-order valence-electron chi connectivity index (χ0n) is 41.0. The first-order chi connectivity index (χ1) is 33.0. The third-order valence-electron chi connectivity index (χ3n) is 13.9. The number of nitrogens with zero attached hydrogens (tertiary/aromatic N) is 5. The Morgan fingerprint density at radius 1 is 0.681 bits per heavy atom. The minimum absolute atomic E-state index is 0.0163. The first-order valence-corrected chi connectivity index (χ1v) is 25.4. The number of imidazole rings is 2. The molecule has 6 atom stereocenters. The van der Waals surface area contributed by atoms with E-state index >= 15 is 0 Å². The maximum absolute atomic E-state index is 13.8. The molecule has 0 saturated carbocycles. The summed E-state index contributed by atoms with van der Waals surface area (Å²) in [6, 6.07) is 24.6. The number of anilines is 1. The number of carbonyl (C=O) groups is 4. The lowest BCUT2D eigenvalue weighted by atomic mass is 9.87. The van der Waals surface area contributed by atoms with E-state index in [1.165, 1.54) is 23.8 Å². The molecule has 2 aromatic heterocycles. The van der Waals surface area contributed by atoms with Crippen LogP contribution in [-0.2, 0) is 19.7 Å². The summed E-state index contributed by atoms with van der Waals surface area (Å²) in [5.41, 5.74) is 8.39. The number of carboxylic acid groups (broad SMARTS) is 1. The smallest absolute Gasteiger partial charge is 0.407 e. The lowest BCUT2D eigenvalue weighted by molar-refractivity contribution is -0.136. The lowest BCUT2D eigenvalue weighted by Crippen LogP contribution is -2.51. The third kappa shape index (κ3) is 10.7. The lowest BCUT2D eigenvalue weighted by Gasteiger charge is -2.44. The zero-order valence-corrected chi connectivity index (χ0v) is 41.8. The second-order valence-electron chi connectivity index (χ2n) is 20.3. The van der Waals surface area contributed by atoms with Crippen LogP contribution in [0.5, 0.6) is 0 Å². The summed E-state index contributed by atoms with van der Waals surface area (Å²) in [7, 11) is 1.30. The number of aromatic amines is 2. The largest absolute Gasteiger partial charge is 0.465 e. The number of hydrogen-bond donors (Lipinski definition) is 5. The van der Waals surface area contributed by atoms with Gasteiger partial charge in [-0.05, 0) is 71.8 Å². The van der Waals surface area contributed by atoms with Crippen LogP contribution in [0.15, 0.2) is 85.2 Å². The highest BCUT2D eigenvalue weighted by atomic mass is 32.2. The molecule has 3 aromatic carbocycles. The molecule has 0 aliphatic carbocycles. The molecule has 69 heavy (non-hydrogen) atoms. The van der Waals surface area contributed by atoms with Gasteiger partial charge in [-0.1, -0.05) is 109 Å². The van der Waals surface area contributed by atoms with E-state index in [0.29, 0.717) is 18.9 Å². The van der Waals surface area contributed by atoms with Crippen LogP contribution in [-0.4, -0.2) is 103 Å². The molecule has 5 N–H and O–H groups in total. The number of rotatable bonds is 13. The maximum atomic E-state index is 13.8. The SMILES string of the molecule is COC(=O)N[C@H](C(=O)N1CCC[C@H]1c1nc(-c2ccc([C@@H]3CSC[C@H](c4ccc(-c5c[nH]c([C@@H]6CCCN6C(=O)[C@@H](NC(=O)O)C(C)C)n5)cc4)N3c3ccc(C(C)(C)C)cc3)cc2)c[nH]1)C(C)C. The summed E-state index contributed by atoms with van der Waals surface area (Å²) < 4.78 is 4.81. The van der Waals surface area contributed by atoms with Crippen LogP contribution in [0.25, 0.3) is 22.5 Å². The number of hydrogen-bond acceptors (Lipinski definition) is 9. The average molecular weight is 958 g/mol. The molecule has 0 radical (unpaired) electrons. The molecule has 8 rings (SSSR count). The summed E-state index contributed by atoms with van der Waals surface area (Å²) in [5.74, 6) is 2.58. The van der Waals surface area contributed by atoms with Gasteiger partial charge in [0, 0.05) is 53.8 Å². The molecular formula is C53H67N9O6S. The molecule has 5 aromatic rings. The highest BCUT2D eigenvalue weighted by molar-refractivity contribution is 7.99. The molecule has 0 bridgehead atoms. The van der Waals surface area contributed by atoms with Gasteiger partial charge in [0.05, 0.1) is 42.7 Å². The molecule has 5 heterocycles. The van der Waals surface area contributed by atoms with Crippen molar-refractivity contribution < 1.29 is 29.0 Å². The van der Waals surface area contributed by atoms with Gasteiger partial charge in [-0.2, -0.15) is 11.8 Å². The fourth-order valence-electron chi connectivity index (χ4n) is 10.1. The second kappa shape index (κ2) is 20.7. The number of alkyl carbamates (subject to hydrolysis) is 1. The number of amides is 4. The van der Waals surface area contributed by atoms with Crippen molar-refractivity contribution in [1.82, 2.24) is 40.4 Å². The number of carbonyl (C=O) groups excluding carboxylic acids is 3. The minimum Gasteiger partial charge on any atom is -0.465 e. The Hall–Kier alpha value is -6.29. The molecular weight excluding hydrogens is 891 g/mol. The third-order valence-corrected chi connectivity index (χ3v) is 15.0. The number of benzene rings is 3. The van der Waals surface area contributed by atoms with Crippen molar-refractivity contribution in [2.45, 2.75) is 116 Å². The number of ether oxygens (including phenoxy) is 1. The standard InChI is InChI=1S/C53H67N9O6S/c1-31(2)45(58-51(65)66)49(63)60-25-9-11-41(60)47-54-27-39(56-47)33-13-17-35(18-14-33)43-29-69-30-44(62(43)38-23-21-37(22-24-38)53(5,6)7)36-19-15-34(16-20-36)40-28-55-48(57-40)42-12-10-26-61(42)50(64)46(32(3)4)59-52(67)68-8/h13-24,27-28,31-32,41-46,58H,9-12,25-26,29-30H2,1-8H3,(H,54,56)(H,55,57)(H,59,67)(H,65,66)/t41-,42-,43+,44-,45-,46-/m0/s1. The summed E-state index contributed by atoms with van der Waals surface area (Å²) in [5, 5.41) is 14.6. The van der Waals surface area contributed by atoms with E-state index in [1.54, 1.807) is 4.90 Å². The van der Waals surface area contributed by atoms with E-state index in [2.05, 4.69) is 119 Å². The molecule has 3 aliphatic rings. The molecule has 3 saturated heterocycles. The van der Waals surface area contributed by atoms with Crippen LogP contribution >= 0.6 is 11.8 Å². The van der Waals surface area contributed by atoms with Gasteiger partial charge in [0.2, 0.25) is 11.8 Å². The van der Waals surface area contributed by atoms with Crippen molar-refractivity contribution in [3.63, 3.8) is 0 Å². The monoisotopic (exact) mass is 957 g/mol. The quantitative estimate of drug-likeness (QED) is 0.0760. The Labute approximate surface area is 409 Å². The molecule has 3 fully saturated rings. The summed E-state index contributed by atoms with van der Waals surface area (Å²) in [6.07, 6.45) is 5.15. The molecule has 4 amide bonds. The van der Waals surface area contributed by atoms with E-state index in [9.17, 15) is 24.3 Å². The van der Waals surface area contributed by atoms with Crippen molar-refractivity contribution >= 4 is 41.5 Å². The molecule has 3 aliphatic heterocycles. The van der Waals surface area contributed by atoms with E-state index in [1.807, 2.05) is 56.8 Å². The van der Waals surface area contributed by atoms with Crippen LogP contribution in [0.2, 0.25) is 0 Å². The van der Waals surface area contributed by atoms with Gasteiger partial charge in [-0.25, -0.2) is 19.6 Å². The minimum atomic E-state index is -1.21. The van der Waals surface area contributed by atoms with Gasteiger partial charge in [-0.3, -0.25) is 9.59 Å². The summed E-state index contributed by atoms with van der Waals surface area (Å²) >= 11 is 1.95. The second-order valence-corrected chi connectivity index (χ2v) is 21.3. The van der Waals surface area contributed by atoms with Crippen molar-refractivity contribution in [3.05, 3.63) is 114 Å². The number of aromatic nitrogens is 4. The van der Waals surface area contributed by atoms with Gasteiger partial charge in [-0.15, -0.1) is 0 Å². The predicted octanol–water partition coefficient (Wildman–Crippen LogP) is 9.80. The van der Waals surface area contributed by atoms with Gasteiger partial charge >= 0.3 is 12.2 Å². The number of likely N-dealkylation sites (tertiary alicyclic amines) is 2. The van der Waals surface area contributed by atoms with Crippen molar-refractivity contribution in [2.24, 2.45) is 11.8 Å². The molecule has 16 heteroatoms. The van der Waals surface area contributed by atoms with Crippen LogP contribution in [0, 0.1) is 11.8 Å².